The third-order valence-corrected chi connectivity index (χ3v) is 1.84. The Bertz CT molecular complexity index is 158. The van der Waals surface area contributed by atoms with Gasteiger partial charge in [0.25, 0.3) is 0 Å². The molecule has 0 fully saturated rings. The maximum atomic E-state index is 3.22. The average molecular weight is 1030 g/mol. The molecule has 0 aromatic rings. The van der Waals surface area contributed by atoms with Gasteiger partial charge in [-0.3, -0.25) is 6.08 Å². The number of allylic oxidation sites excluding steroid dienone is 2. The van der Waals surface area contributed by atoms with Crippen molar-refractivity contribution in [1.29, 1.82) is 0 Å². The smallest absolute Gasteiger partial charge is 0 e. The molecule has 24 heavy (non-hydrogen) atoms. The minimum Gasteiger partial charge on any atom is -0.498 e. The summed E-state index contributed by atoms with van der Waals surface area (Å²) < 4.78 is 0. The molecule has 0 aliphatic rings. The monoisotopic (exact) mass is 1030 g/mol. The van der Waals surface area contributed by atoms with Crippen molar-refractivity contribution in [2.24, 2.45) is 23.7 Å². The van der Waals surface area contributed by atoms with E-state index in [1.165, 1.54) is 6.42 Å². The van der Waals surface area contributed by atoms with Crippen molar-refractivity contribution >= 4 is 0 Å². The van der Waals surface area contributed by atoms with Gasteiger partial charge in [-0.15, -0.1) is 0 Å². The second-order valence-electron chi connectivity index (χ2n) is 5.84. The van der Waals surface area contributed by atoms with Crippen LogP contribution in [0.25, 0.3) is 0 Å². The van der Waals surface area contributed by atoms with Crippen LogP contribution in [0.4, 0.5) is 0 Å². The van der Waals surface area contributed by atoms with Crippen LogP contribution in [0.2, 0.25) is 0 Å². The predicted octanol–water partition coefficient (Wildman–Crippen LogP) is 5.53. The maximum Gasteiger partial charge on any atom is 0 e. The van der Waals surface area contributed by atoms with Crippen molar-refractivity contribution in [2.75, 3.05) is 0 Å². The van der Waals surface area contributed by atoms with Crippen molar-refractivity contribution in [3.05, 3.63) is 18.6 Å². The molecular formula is C16H32WY7-2. The molecule has 0 aliphatic heterocycles. The van der Waals surface area contributed by atoms with Crippen molar-refractivity contribution in [2.45, 2.75) is 61.8 Å². The summed E-state index contributed by atoms with van der Waals surface area (Å²) in [7, 11) is 0. The van der Waals surface area contributed by atoms with Crippen LogP contribution >= 0.6 is 0 Å². The Kier molecular flexibility index (Phi) is 129. The Hall–Kier alpha value is 8.16. The van der Waals surface area contributed by atoms with Gasteiger partial charge in [-0.05, 0) is 0 Å². The van der Waals surface area contributed by atoms with E-state index in [2.05, 4.69) is 74.0 Å². The Labute approximate surface area is 345 Å². The van der Waals surface area contributed by atoms with Crippen LogP contribution in [-0.4, -0.2) is 0 Å². The van der Waals surface area contributed by atoms with E-state index in [4.69, 9.17) is 0 Å². The van der Waals surface area contributed by atoms with Gasteiger partial charge in [0, 0.05) is 250 Å². The first-order chi connectivity index (χ1) is 7.25. The van der Waals surface area contributed by atoms with E-state index < -0.39 is 0 Å². The van der Waals surface area contributed by atoms with Gasteiger partial charge < -0.3 is 12.5 Å². The molecule has 0 atom stereocenters. The molecule has 0 amide bonds. The summed E-state index contributed by atoms with van der Waals surface area (Å²) in [5.41, 5.74) is 0. The summed E-state index contributed by atoms with van der Waals surface area (Å²) >= 11 is 0. The fourth-order valence-corrected chi connectivity index (χ4v) is 0.929. The standard InChI is InChI=1S/C8H17.C8H15.W.7Y/c2*1-7(2)5-6-8(3)4;;;;;;;;/h5,7-8H,6H2,1-4H3;5,7-8H,1-4H3;;;;;;;;/q2*-1;;;;;;;;. The molecule has 0 aromatic carbocycles. The Morgan fingerprint density at radius 1 is 0.708 bits per heavy atom. The molecule has 0 bridgehead atoms. The van der Waals surface area contributed by atoms with Crippen LogP contribution in [0.5, 0.6) is 0 Å². The van der Waals surface area contributed by atoms with Gasteiger partial charge >= 0.3 is 0 Å². The molecule has 8 heteroatoms. The first kappa shape index (κ1) is 63.6. The van der Waals surface area contributed by atoms with Crippen molar-refractivity contribution in [3.63, 3.8) is 0 Å². The van der Waals surface area contributed by atoms with Gasteiger partial charge in [-0.25, -0.2) is 0 Å². The zero-order chi connectivity index (χ0) is 13.1. The van der Waals surface area contributed by atoms with Gasteiger partial charge in [0.05, 0.1) is 0 Å². The van der Waals surface area contributed by atoms with E-state index in [0.29, 0.717) is 11.8 Å². The van der Waals surface area contributed by atoms with E-state index in [0.717, 1.165) is 11.8 Å². The third kappa shape index (κ3) is 77.8. The minimum atomic E-state index is 0. The Morgan fingerprint density at radius 3 is 1.12 bits per heavy atom. The molecular weight excluding hydrogens is 998 g/mol. The van der Waals surface area contributed by atoms with E-state index in [1.54, 1.807) is 0 Å². The summed E-state index contributed by atoms with van der Waals surface area (Å²) in [5, 5.41) is 0. The van der Waals surface area contributed by atoms with Crippen LogP contribution < -0.4 is 0 Å². The quantitative estimate of drug-likeness (QED) is 0.319. The molecule has 7 radical (unpaired) electrons. The maximum absolute atomic E-state index is 3.22. The Morgan fingerprint density at radius 2 is 1.04 bits per heavy atom. The second kappa shape index (κ2) is 48.6. The zero-order valence-electron chi connectivity index (χ0n) is 17.1. The molecule has 0 spiro atoms. The van der Waals surface area contributed by atoms with E-state index in [-0.39, 0.29) is 250 Å². The van der Waals surface area contributed by atoms with Crippen LogP contribution in [0.15, 0.2) is 6.08 Å². The fraction of sp³-hybridized carbons (Fsp3) is 0.812. The van der Waals surface area contributed by atoms with Crippen LogP contribution in [0, 0.1) is 36.2 Å². The third-order valence-electron chi connectivity index (χ3n) is 1.84. The Balaban J connectivity index is -0.0000000153. The summed E-state index contributed by atoms with van der Waals surface area (Å²) in [4.78, 5) is 0. The van der Waals surface area contributed by atoms with Gasteiger partial charge in [-0.1, -0.05) is 67.2 Å². The summed E-state index contributed by atoms with van der Waals surface area (Å²) in [6.45, 7) is 17.5. The molecule has 0 N–H and O–H groups in total. The van der Waals surface area contributed by atoms with Crippen molar-refractivity contribution in [3.8, 4) is 0 Å². The van der Waals surface area contributed by atoms with Crippen LogP contribution in [-0.2, 0) is 250 Å². The first-order valence-corrected chi connectivity index (χ1v) is 6.68. The number of hydrogen-bond donors (Lipinski definition) is 0. The zero-order valence-corrected chi connectivity index (χ0v) is 39.9. The minimum absolute atomic E-state index is 0. The SMILES string of the molecule is CC(C)[C-]=CC(C)C.CC(C)[CH-]CC(C)C.[W].[Y].[Y].[Y].[Y].[Y].[Y].[Y]. The molecule has 0 heterocycles. The summed E-state index contributed by atoms with van der Waals surface area (Å²) in [5.74, 6) is 2.82. The molecule has 125 valence electrons. The largest absolute Gasteiger partial charge is 0.498 e. The van der Waals surface area contributed by atoms with Crippen LogP contribution in [0.3, 0.4) is 0 Å². The fourth-order valence-electron chi connectivity index (χ4n) is 0.929. The summed E-state index contributed by atoms with van der Waals surface area (Å²) in [6, 6.07) is 0. The normalized spacial score (nSPS) is 7.83. The first-order valence-electron chi connectivity index (χ1n) is 6.68. The van der Waals surface area contributed by atoms with Gasteiger partial charge in [0.2, 0.25) is 0 Å². The molecule has 0 saturated heterocycles. The topological polar surface area (TPSA) is 0 Å². The molecule has 0 rings (SSSR count). The molecule has 0 aliphatic carbocycles. The predicted molar refractivity (Wildman–Crippen MR) is 76.1 cm³/mol. The number of rotatable bonds is 5. The van der Waals surface area contributed by atoms with E-state index in [1.807, 2.05) is 0 Å². The van der Waals surface area contributed by atoms with E-state index in [9.17, 15) is 0 Å². The van der Waals surface area contributed by atoms with Gasteiger partial charge in [0.15, 0.2) is 0 Å². The van der Waals surface area contributed by atoms with Crippen molar-refractivity contribution in [1.82, 2.24) is 0 Å². The molecule has 0 saturated carbocycles. The molecule has 0 unspecified atom stereocenters. The summed E-state index contributed by atoms with van der Waals surface area (Å²) in [6.07, 6.45) is 8.96. The second-order valence-corrected chi connectivity index (χ2v) is 5.84. The molecule has 0 aromatic heterocycles. The van der Waals surface area contributed by atoms with E-state index >= 15 is 0 Å². The average Bonchev–Trinajstić information content (AvgIpc) is 2.12. The van der Waals surface area contributed by atoms with Gasteiger partial charge in [-0.2, -0.15) is 18.3 Å². The van der Waals surface area contributed by atoms with Crippen LogP contribution in [0.1, 0.15) is 61.8 Å². The number of hydrogen-bond acceptors (Lipinski definition) is 0. The van der Waals surface area contributed by atoms with Gasteiger partial charge in [0.1, 0.15) is 0 Å². The van der Waals surface area contributed by atoms with Crippen molar-refractivity contribution < 1.29 is 250 Å². The molecule has 0 nitrogen and oxygen atoms in total.